The van der Waals surface area contributed by atoms with Crippen LogP contribution in [0.25, 0.3) is 10.9 Å². The highest BCUT2D eigenvalue weighted by atomic mass is 16.4. The zero-order valence-electron chi connectivity index (χ0n) is 9.83. The van der Waals surface area contributed by atoms with E-state index in [1.54, 1.807) is 31.2 Å². The Labute approximate surface area is 103 Å². The van der Waals surface area contributed by atoms with Gasteiger partial charge in [0.1, 0.15) is 5.82 Å². The SMILES string of the molecule is C=CC(C(=O)O)n1c(C)nc2ccccc2c1=O. The minimum atomic E-state index is -1.13. The Bertz CT molecular complexity index is 688. The van der Waals surface area contributed by atoms with Crippen molar-refractivity contribution in [1.82, 2.24) is 9.55 Å². The molecule has 0 bridgehead atoms. The van der Waals surface area contributed by atoms with Gasteiger partial charge in [0.2, 0.25) is 0 Å². The maximum atomic E-state index is 12.3. The molecule has 0 aliphatic carbocycles. The van der Waals surface area contributed by atoms with Gasteiger partial charge in [-0.1, -0.05) is 18.2 Å². The number of rotatable bonds is 3. The first-order chi connectivity index (χ1) is 8.56. The van der Waals surface area contributed by atoms with Crippen molar-refractivity contribution in [3.8, 4) is 0 Å². The summed E-state index contributed by atoms with van der Waals surface area (Å²) in [6, 6.07) is 5.74. The second kappa shape index (κ2) is 4.44. The summed E-state index contributed by atoms with van der Waals surface area (Å²) in [7, 11) is 0. The molecular weight excluding hydrogens is 232 g/mol. The van der Waals surface area contributed by atoms with Crippen molar-refractivity contribution in [2.45, 2.75) is 13.0 Å². The molecule has 5 heteroatoms. The molecule has 5 nitrogen and oxygen atoms in total. The van der Waals surface area contributed by atoms with E-state index in [2.05, 4.69) is 11.6 Å². The van der Waals surface area contributed by atoms with E-state index < -0.39 is 12.0 Å². The van der Waals surface area contributed by atoms with E-state index in [1.807, 2.05) is 0 Å². The van der Waals surface area contributed by atoms with Crippen molar-refractivity contribution >= 4 is 16.9 Å². The second-order valence-corrected chi connectivity index (χ2v) is 3.87. The largest absolute Gasteiger partial charge is 0.479 e. The topological polar surface area (TPSA) is 72.2 Å². The van der Waals surface area contributed by atoms with Gasteiger partial charge in [0, 0.05) is 0 Å². The highest BCUT2D eigenvalue weighted by Gasteiger charge is 2.20. The van der Waals surface area contributed by atoms with Gasteiger partial charge in [-0.25, -0.2) is 9.78 Å². The molecule has 1 unspecified atom stereocenters. The Kier molecular flexibility index (Phi) is 2.97. The number of aromatic nitrogens is 2. The van der Waals surface area contributed by atoms with Crippen LogP contribution in [-0.2, 0) is 4.79 Å². The van der Waals surface area contributed by atoms with Crippen LogP contribution in [0.15, 0.2) is 41.7 Å². The number of carbonyl (C=O) groups is 1. The van der Waals surface area contributed by atoms with Crippen LogP contribution >= 0.6 is 0 Å². The second-order valence-electron chi connectivity index (χ2n) is 3.87. The summed E-state index contributed by atoms with van der Waals surface area (Å²) >= 11 is 0. The molecule has 1 atom stereocenters. The highest BCUT2D eigenvalue weighted by molar-refractivity contribution is 5.79. The Morgan fingerprint density at radius 3 is 2.78 bits per heavy atom. The fourth-order valence-corrected chi connectivity index (χ4v) is 1.90. The summed E-state index contributed by atoms with van der Waals surface area (Å²) in [4.78, 5) is 27.6. The fourth-order valence-electron chi connectivity index (χ4n) is 1.90. The molecule has 0 fully saturated rings. The number of para-hydroxylation sites is 1. The van der Waals surface area contributed by atoms with Crippen LogP contribution in [0.5, 0.6) is 0 Å². The first kappa shape index (κ1) is 12.0. The molecular formula is C13H12N2O3. The molecule has 0 saturated heterocycles. The average Bonchev–Trinajstić information content (AvgIpc) is 2.34. The summed E-state index contributed by atoms with van der Waals surface area (Å²) in [6.45, 7) is 5.06. The molecule has 1 aromatic carbocycles. The summed E-state index contributed by atoms with van der Waals surface area (Å²) in [5, 5.41) is 9.49. The molecule has 1 aromatic heterocycles. The number of benzene rings is 1. The summed E-state index contributed by atoms with van der Waals surface area (Å²) in [5.74, 6) is -0.779. The number of aliphatic carboxylic acids is 1. The zero-order valence-corrected chi connectivity index (χ0v) is 9.83. The molecule has 0 radical (unpaired) electrons. The molecule has 92 valence electrons. The van der Waals surface area contributed by atoms with Crippen LogP contribution in [0.1, 0.15) is 11.9 Å². The zero-order chi connectivity index (χ0) is 13.3. The van der Waals surface area contributed by atoms with E-state index in [9.17, 15) is 9.59 Å². The number of aryl methyl sites for hydroxylation is 1. The lowest BCUT2D eigenvalue weighted by atomic mass is 10.2. The molecule has 2 aromatic rings. The third kappa shape index (κ3) is 1.79. The Balaban J connectivity index is 2.83. The van der Waals surface area contributed by atoms with E-state index in [-0.39, 0.29) is 5.56 Å². The van der Waals surface area contributed by atoms with E-state index in [0.717, 1.165) is 4.57 Å². The average molecular weight is 244 g/mol. The molecule has 2 rings (SSSR count). The number of carboxylic acids is 1. The van der Waals surface area contributed by atoms with E-state index in [0.29, 0.717) is 16.7 Å². The maximum absolute atomic E-state index is 12.3. The van der Waals surface area contributed by atoms with Crippen LogP contribution in [0.4, 0.5) is 0 Å². The van der Waals surface area contributed by atoms with Crippen LogP contribution in [0, 0.1) is 6.92 Å². The minimum absolute atomic E-state index is 0.353. The molecule has 0 aliphatic heterocycles. The lowest BCUT2D eigenvalue weighted by molar-refractivity contribution is -0.139. The van der Waals surface area contributed by atoms with Gasteiger partial charge in [-0.15, -0.1) is 6.58 Å². The molecule has 1 heterocycles. The normalized spacial score (nSPS) is 12.3. The predicted octanol–water partition coefficient (Wildman–Crippen LogP) is 1.52. The van der Waals surface area contributed by atoms with Gasteiger partial charge in [-0.05, 0) is 19.1 Å². The molecule has 0 aliphatic rings. The van der Waals surface area contributed by atoms with Gasteiger partial charge in [-0.2, -0.15) is 0 Å². The summed E-state index contributed by atoms with van der Waals surface area (Å²) in [5.41, 5.74) is 0.190. The van der Waals surface area contributed by atoms with E-state index in [4.69, 9.17) is 5.11 Å². The Hall–Kier alpha value is -2.43. The number of hydrogen-bond donors (Lipinski definition) is 1. The van der Waals surface area contributed by atoms with Gasteiger partial charge in [0.15, 0.2) is 6.04 Å². The Morgan fingerprint density at radius 1 is 1.50 bits per heavy atom. The number of nitrogens with zero attached hydrogens (tertiary/aromatic N) is 2. The van der Waals surface area contributed by atoms with Crippen molar-refractivity contribution in [2.75, 3.05) is 0 Å². The van der Waals surface area contributed by atoms with Crippen molar-refractivity contribution < 1.29 is 9.90 Å². The Morgan fingerprint density at radius 2 is 2.17 bits per heavy atom. The van der Waals surface area contributed by atoms with E-state index >= 15 is 0 Å². The quantitative estimate of drug-likeness (QED) is 0.831. The molecule has 1 N–H and O–H groups in total. The fraction of sp³-hybridized carbons (Fsp3) is 0.154. The first-order valence-corrected chi connectivity index (χ1v) is 5.39. The van der Waals surface area contributed by atoms with Gasteiger partial charge in [0.05, 0.1) is 10.9 Å². The van der Waals surface area contributed by atoms with Crippen LogP contribution in [-0.4, -0.2) is 20.6 Å². The molecule has 0 saturated carbocycles. The van der Waals surface area contributed by atoms with Gasteiger partial charge >= 0.3 is 5.97 Å². The summed E-state index contributed by atoms with van der Waals surface area (Å²) < 4.78 is 1.14. The third-order valence-corrected chi connectivity index (χ3v) is 2.74. The van der Waals surface area contributed by atoms with Gasteiger partial charge < -0.3 is 5.11 Å². The smallest absolute Gasteiger partial charge is 0.330 e. The van der Waals surface area contributed by atoms with Crippen molar-refractivity contribution in [3.63, 3.8) is 0 Å². The van der Waals surface area contributed by atoms with Crippen molar-refractivity contribution in [2.24, 2.45) is 0 Å². The lowest BCUT2D eigenvalue weighted by Crippen LogP contribution is -2.31. The number of hydrogen-bond acceptors (Lipinski definition) is 3. The van der Waals surface area contributed by atoms with Crippen LogP contribution < -0.4 is 5.56 Å². The van der Waals surface area contributed by atoms with Gasteiger partial charge in [0.25, 0.3) is 5.56 Å². The molecule has 18 heavy (non-hydrogen) atoms. The minimum Gasteiger partial charge on any atom is -0.479 e. The first-order valence-electron chi connectivity index (χ1n) is 5.39. The van der Waals surface area contributed by atoms with Crippen LogP contribution in [0.3, 0.4) is 0 Å². The maximum Gasteiger partial charge on any atom is 0.330 e. The number of carboxylic acid groups (broad SMARTS) is 1. The lowest BCUT2D eigenvalue weighted by Gasteiger charge is -2.14. The third-order valence-electron chi connectivity index (χ3n) is 2.74. The number of fused-ring (bicyclic) bond motifs is 1. The highest BCUT2D eigenvalue weighted by Crippen LogP contribution is 2.12. The van der Waals surface area contributed by atoms with E-state index in [1.165, 1.54) is 6.08 Å². The van der Waals surface area contributed by atoms with Crippen LogP contribution in [0.2, 0.25) is 0 Å². The standard InChI is InChI=1S/C13H12N2O3/c1-3-11(13(17)18)15-8(2)14-10-7-5-4-6-9(10)12(15)16/h3-7,11H,1H2,2H3,(H,17,18). The molecule has 0 amide bonds. The monoisotopic (exact) mass is 244 g/mol. The molecule has 0 spiro atoms. The summed E-state index contributed by atoms with van der Waals surface area (Å²) in [6.07, 6.45) is 1.22. The predicted molar refractivity (Wildman–Crippen MR) is 67.6 cm³/mol. The van der Waals surface area contributed by atoms with Crippen molar-refractivity contribution in [1.29, 1.82) is 0 Å². The van der Waals surface area contributed by atoms with Crippen molar-refractivity contribution in [3.05, 3.63) is 53.1 Å². The van der Waals surface area contributed by atoms with Gasteiger partial charge in [-0.3, -0.25) is 9.36 Å².